The van der Waals surface area contributed by atoms with Crippen molar-refractivity contribution < 1.29 is 0 Å². The van der Waals surface area contributed by atoms with Crippen molar-refractivity contribution in [2.75, 3.05) is 20.1 Å². The summed E-state index contributed by atoms with van der Waals surface area (Å²) in [5.41, 5.74) is 7.19. The molecule has 1 aliphatic rings. The van der Waals surface area contributed by atoms with Crippen LogP contribution >= 0.6 is 11.3 Å². The molecule has 2 heterocycles. The van der Waals surface area contributed by atoms with Crippen molar-refractivity contribution in [3.63, 3.8) is 0 Å². The second kappa shape index (κ2) is 3.04. The van der Waals surface area contributed by atoms with E-state index in [-0.39, 0.29) is 5.54 Å². The van der Waals surface area contributed by atoms with E-state index in [4.69, 9.17) is 5.73 Å². The lowest BCUT2D eigenvalue weighted by Crippen LogP contribution is -2.38. The normalized spacial score (nSPS) is 29.8. The summed E-state index contributed by atoms with van der Waals surface area (Å²) in [7, 11) is 2.11. The molecule has 1 atom stereocenters. The molecular weight excluding hydrogens is 182 g/mol. The minimum absolute atomic E-state index is 0.187. The van der Waals surface area contributed by atoms with Crippen LogP contribution in [0.25, 0.3) is 0 Å². The Morgan fingerprint density at radius 1 is 1.69 bits per heavy atom. The minimum atomic E-state index is -0.187. The molecule has 2 rings (SSSR count). The number of likely N-dealkylation sites (N-methyl/N-ethyl adjacent to an activating group) is 1. The summed E-state index contributed by atoms with van der Waals surface area (Å²) in [5.74, 6) is 0. The molecule has 1 aromatic rings. The molecule has 0 bridgehead atoms. The molecule has 0 aromatic carbocycles. The molecule has 1 unspecified atom stereocenters. The maximum absolute atomic E-state index is 6.29. The molecule has 13 heavy (non-hydrogen) atoms. The van der Waals surface area contributed by atoms with Gasteiger partial charge in [-0.05, 0) is 20.4 Å². The van der Waals surface area contributed by atoms with Crippen LogP contribution in [-0.4, -0.2) is 30.0 Å². The maximum Gasteiger partial charge on any atom is 0.114 e. The number of likely N-dealkylation sites (tertiary alicyclic amines) is 1. The van der Waals surface area contributed by atoms with Crippen LogP contribution < -0.4 is 5.73 Å². The van der Waals surface area contributed by atoms with E-state index in [0.717, 1.165) is 30.2 Å². The van der Waals surface area contributed by atoms with Gasteiger partial charge in [0.15, 0.2) is 0 Å². The topological polar surface area (TPSA) is 42.1 Å². The Kier molecular flexibility index (Phi) is 2.14. The van der Waals surface area contributed by atoms with Gasteiger partial charge in [0.05, 0.1) is 5.54 Å². The highest BCUT2D eigenvalue weighted by Gasteiger charge is 2.36. The largest absolute Gasteiger partial charge is 0.318 e. The van der Waals surface area contributed by atoms with Crippen LogP contribution in [0.2, 0.25) is 0 Å². The molecule has 4 heteroatoms. The van der Waals surface area contributed by atoms with Gasteiger partial charge in [0.1, 0.15) is 5.01 Å². The fourth-order valence-electron chi connectivity index (χ4n) is 1.79. The van der Waals surface area contributed by atoms with Crippen LogP contribution in [0.5, 0.6) is 0 Å². The Morgan fingerprint density at radius 2 is 2.46 bits per heavy atom. The van der Waals surface area contributed by atoms with E-state index in [9.17, 15) is 0 Å². The molecule has 3 nitrogen and oxygen atoms in total. The van der Waals surface area contributed by atoms with Crippen molar-refractivity contribution in [3.05, 3.63) is 16.1 Å². The molecule has 1 aromatic heterocycles. The molecule has 1 fully saturated rings. The lowest BCUT2D eigenvalue weighted by molar-refractivity contribution is 0.372. The second-order valence-corrected chi connectivity index (χ2v) is 4.80. The van der Waals surface area contributed by atoms with Crippen LogP contribution in [0, 0.1) is 6.92 Å². The van der Waals surface area contributed by atoms with Gasteiger partial charge in [-0.1, -0.05) is 0 Å². The van der Waals surface area contributed by atoms with Gasteiger partial charge < -0.3 is 10.6 Å². The Balaban J connectivity index is 2.25. The number of aryl methyl sites for hydroxylation is 1. The van der Waals surface area contributed by atoms with Crippen LogP contribution in [0.4, 0.5) is 0 Å². The molecule has 0 spiro atoms. The predicted molar refractivity (Wildman–Crippen MR) is 54.8 cm³/mol. The lowest BCUT2D eigenvalue weighted by Gasteiger charge is -2.20. The van der Waals surface area contributed by atoms with Crippen molar-refractivity contribution in [2.45, 2.75) is 18.9 Å². The van der Waals surface area contributed by atoms with Crippen LogP contribution in [0.1, 0.15) is 17.1 Å². The molecule has 0 amide bonds. The van der Waals surface area contributed by atoms with E-state index in [1.165, 1.54) is 0 Å². The highest BCUT2D eigenvalue weighted by atomic mass is 32.1. The molecule has 0 saturated carbocycles. The minimum Gasteiger partial charge on any atom is -0.318 e. The number of aromatic nitrogens is 1. The van der Waals surface area contributed by atoms with E-state index in [0.29, 0.717) is 0 Å². The SMILES string of the molecule is Cc1csc(C2(N)CCN(C)C2)n1. The van der Waals surface area contributed by atoms with Crippen molar-refractivity contribution in [1.82, 2.24) is 9.88 Å². The van der Waals surface area contributed by atoms with Gasteiger partial charge in [-0.2, -0.15) is 0 Å². The fraction of sp³-hybridized carbons (Fsp3) is 0.667. The lowest BCUT2D eigenvalue weighted by atomic mass is 10.0. The highest BCUT2D eigenvalue weighted by Crippen LogP contribution is 2.30. The third-order valence-corrected chi connectivity index (χ3v) is 3.72. The first kappa shape index (κ1) is 9.12. The summed E-state index contributed by atoms with van der Waals surface area (Å²) in [4.78, 5) is 6.73. The summed E-state index contributed by atoms with van der Waals surface area (Å²) < 4.78 is 0. The van der Waals surface area contributed by atoms with Gasteiger partial charge >= 0.3 is 0 Å². The van der Waals surface area contributed by atoms with Crippen LogP contribution in [-0.2, 0) is 5.54 Å². The smallest absolute Gasteiger partial charge is 0.114 e. The average Bonchev–Trinajstić information content (AvgIpc) is 2.60. The number of thiazole rings is 1. The van der Waals surface area contributed by atoms with Crippen LogP contribution in [0.3, 0.4) is 0 Å². The first-order chi connectivity index (χ1) is 6.10. The molecule has 2 N–H and O–H groups in total. The van der Waals surface area contributed by atoms with Crippen molar-refractivity contribution in [2.24, 2.45) is 5.73 Å². The summed E-state index contributed by atoms with van der Waals surface area (Å²) in [6, 6.07) is 0. The van der Waals surface area contributed by atoms with Gasteiger partial charge in [0, 0.05) is 24.2 Å². The number of rotatable bonds is 1. The number of hydrogen-bond donors (Lipinski definition) is 1. The molecule has 0 aliphatic carbocycles. The first-order valence-electron chi connectivity index (χ1n) is 4.50. The predicted octanol–water partition coefficient (Wildman–Crippen LogP) is 0.941. The van der Waals surface area contributed by atoms with E-state index in [1.807, 2.05) is 6.92 Å². The van der Waals surface area contributed by atoms with Gasteiger partial charge in [-0.3, -0.25) is 0 Å². The zero-order valence-corrected chi connectivity index (χ0v) is 8.90. The van der Waals surface area contributed by atoms with E-state index < -0.39 is 0 Å². The quantitative estimate of drug-likeness (QED) is 0.728. The third kappa shape index (κ3) is 1.61. The highest BCUT2D eigenvalue weighted by molar-refractivity contribution is 7.09. The fourth-order valence-corrected chi connectivity index (χ4v) is 2.72. The average molecular weight is 197 g/mol. The zero-order valence-electron chi connectivity index (χ0n) is 8.08. The van der Waals surface area contributed by atoms with Gasteiger partial charge in [0.25, 0.3) is 0 Å². The van der Waals surface area contributed by atoms with E-state index in [2.05, 4.69) is 22.3 Å². The molecule has 0 radical (unpaired) electrons. The first-order valence-corrected chi connectivity index (χ1v) is 5.38. The van der Waals surface area contributed by atoms with Gasteiger partial charge in [-0.25, -0.2) is 4.98 Å². The van der Waals surface area contributed by atoms with Gasteiger partial charge in [-0.15, -0.1) is 11.3 Å². The van der Waals surface area contributed by atoms with Gasteiger partial charge in [0.2, 0.25) is 0 Å². The maximum atomic E-state index is 6.29. The molecule has 1 aliphatic heterocycles. The number of nitrogens with zero attached hydrogens (tertiary/aromatic N) is 2. The summed E-state index contributed by atoms with van der Waals surface area (Å²) in [6.07, 6.45) is 1.02. The molecular formula is C9H15N3S. The molecule has 1 saturated heterocycles. The second-order valence-electron chi connectivity index (χ2n) is 3.94. The number of nitrogens with two attached hydrogens (primary N) is 1. The third-order valence-electron chi connectivity index (χ3n) is 2.54. The standard InChI is InChI=1S/C9H15N3S/c1-7-5-13-8(11-7)9(10)3-4-12(2)6-9/h5H,3-4,6,10H2,1-2H3. The number of hydrogen-bond acceptors (Lipinski definition) is 4. The Bertz CT molecular complexity index is 310. The van der Waals surface area contributed by atoms with Crippen LogP contribution in [0.15, 0.2) is 5.38 Å². The van der Waals surface area contributed by atoms with Crippen molar-refractivity contribution in [1.29, 1.82) is 0 Å². The van der Waals surface area contributed by atoms with Crippen molar-refractivity contribution >= 4 is 11.3 Å². The zero-order chi connectivity index (χ0) is 9.47. The summed E-state index contributed by atoms with van der Waals surface area (Å²) in [5, 5.41) is 3.16. The monoisotopic (exact) mass is 197 g/mol. The Hall–Kier alpha value is -0.450. The Morgan fingerprint density at radius 3 is 2.92 bits per heavy atom. The van der Waals surface area contributed by atoms with E-state index in [1.54, 1.807) is 11.3 Å². The van der Waals surface area contributed by atoms with E-state index >= 15 is 0 Å². The van der Waals surface area contributed by atoms with Crippen molar-refractivity contribution in [3.8, 4) is 0 Å². The summed E-state index contributed by atoms with van der Waals surface area (Å²) >= 11 is 1.68. The Labute approximate surface area is 82.6 Å². The molecule has 72 valence electrons. The summed E-state index contributed by atoms with van der Waals surface area (Å²) in [6.45, 7) is 4.02.